The zero-order chi connectivity index (χ0) is 19.6. The van der Waals surface area contributed by atoms with E-state index in [9.17, 15) is 13.2 Å². The van der Waals surface area contributed by atoms with E-state index in [1.165, 1.54) is 4.31 Å². The van der Waals surface area contributed by atoms with Crippen LogP contribution in [0.2, 0.25) is 0 Å². The number of hydrogen-bond acceptors (Lipinski definition) is 5. The molecule has 1 aromatic carbocycles. The van der Waals surface area contributed by atoms with Gasteiger partial charge in [0.05, 0.1) is 15.6 Å². The molecule has 1 aliphatic rings. The number of amides is 1. The highest BCUT2D eigenvalue weighted by Crippen LogP contribution is 2.28. The molecule has 1 N–H and O–H groups in total. The molecule has 3 rings (SSSR count). The lowest BCUT2D eigenvalue weighted by Crippen LogP contribution is -2.46. The fourth-order valence-corrected chi connectivity index (χ4v) is 5.97. The largest absolute Gasteiger partial charge is 0.354 e. The summed E-state index contributed by atoms with van der Waals surface area (Å²) in [6, 6.07) is 4.64. The zero-order valence-electron chi connectivity index (χ0n) is 15.9. The van der Waals surface area contributed by atoms with Crippen LogP contribution < -0.4 is 5.32 Å². The van der Waals surface area contributed by atoms with Crippen LogP contribution in [-0.4, -0.2) is 42.7 Å². The summed E-state index contributed by atoms with van der Waals surface area (Å²) >= 11 is 1.58. The zero-order valence-corrected chi connectivity index (χ0v) is 17.5. The van der Waals surface area contributed by atoms with Crippen molar-refractivity contribution in [2.75, 3.05) is 13.1 Å². The summed E-state index contributed by atoms with van der Waals surface area (Å²) in [5, 5.41) is 5.86. The number of nitrogens with zero attached hydrogens (tertiary/aromatic N) is 2. The van der Waals surface area contributed by atoms with Crippen molar-refractivity contribution >= 4 is 27.3 Å². The van der Waals surface area contributed by atoms with Crippen LogP contribution in [0.3, 0.4) is 0 Å². The molecule has 1 atom stereocenters. The average molecular weight is 408 g/mol. The third-order valence-corrected chi connectivity index (χ3v) is 7.66. The van der Waals surface area contributed by atoms with Gasteiger partial charge in [0.1, 0.15) is 6.04 Å². The number of sulfonamides is 1. The third-order valence-electron chi connectivity index (χ3n) is 4.77. The summed E-state index contributed by atoms with van der Waals surface area (Å²) < 4.78 is 27.6. The monoisotopic (exact) mass is 407 g/mol. The molecule has 1 aromatic heterocycles. The predicted octanol–water partition coefficient (Wildman–Crippen LogP) is 2.58. The van der Waals surface area contributed by atoms with Crippen LogP contribution >= 0.6 is 11.3 Å². The summed E-state index contributed by atoms with van der Waals surface area (Å²) in [4.78, 5) is 17.3. The molecule has 146 valence electrons. The standard InChI is InChI=1S/C19H25N3O3S2/c1-13-6-7-18(14(2)11-13)27(24,25)22-10-4-5-17(22)19(23)20-9-8-16-12-26-15(3)21-16/h6-7,11-12,17H,4-5,8-10H2,1-3H3,(H,20,23)/t17-/m1/s1. The van der Waals surface area contributed by atoms with E-state index in [1.807, 2.05) is 25.3 Å². The molecule has 6 nitrogen and oxygen atoms in total. The van der Waals surface area contributed by atoms with E-state index in [0.29, 0.717) is 37.9 Å². The minimum Gasteiger partial charge on any atom is -0.354 e. The second kappa shape index (κ2) is 8.08. The second-order valence-corrected chi connectivity index (χ2v) is 9.86. The average Bonchev–Trinajstić information content (AvgIpc) is 3.24. The van der Waals surface area contributed by atoms with Crippen molar-refractivity contribution in [2.45, 2.75) is 51.0 Å². The fourth-order valence-electron chi connectivity index (χ4n) is 3.46. The Kier molecular flexibility index (Phi) is 5.98. The first-order valence-electron chi connectivity index (χ1n) is 9.07. The highest BCUT2D eigenvalue weighted by molar-refractivity contribution is 7.89. The molecular weight excluding hydrogens is 382 g/mol. The number of thiazole rings is 1. The van der Waals surface area contributed by atoms with Gasteiger partial charge in [-0.25, -0.2) is 13.4 Å². The Morgan fingerprint density at radius 3 is 2.78 bits per heavy atom. The Balaban J connectivity index is 1.69. The Morgan fingerprint density at radius 1 is 1.33 bits per heavy atom. The maximum Gasteiger partial charge on any atom is 0.244 e. The highest BCUT2D eigenvalue weighted by atomic mass is 32.2. The van der Waals surface area contributed by atoms with Crippen LogP contribution in [0.4, 0.5) is 0 Å². The van der Waals surface area contributed by atoms with Gasteiger partial charge in [-0.05, 0) is 45.2 Å². The van der Waals surface area contributed by atoms with Crippen molar-refractivity contribution in [3.63, 3.8) is 0 Å². The van der Waals surface area contributed by atoms with Crippen LogP contribution in [0.1, 0.15) is 34.7 Å². The van der Waals surface area contributed by atoms with Crippen molar-refractivity contribution in [1.82, 2.24) is 14.6 Å². The quantitative estimate of drug-likeness (QED) is 0.798. The molecule has 0 unspecified atom stereocenters. The van der Waals surface area contributed by atoms with Crippen LogP contribution in [-0.2, 0) is 21.2 Å². The number of aromatic nitrogens is 1. The van der Waals surface area contributed by atoms with Gasteiger partial charge in [0.25, 0.3) is 0 Å². The third kappa shape index (κ3) is 4.39. The van der Waals surface area contributed by atoms with Gasteiger partial charge in [-0.3, -0.25) is 4.79 Å². The molecule has 1 fully saturated rings. The first-order chi connectivity index (χ1) is 12.8. The van der Waals surface area contributed by atoms with Crippen LogP contribution in [0, 0.1) is 20.8 Å². The van der Waals surface area contributed by atoms with Gasteiger partial charge in [-0.15, -0.1) is 11.3 Å². The van der Waals surface area contributed by atoms with Crippen molar-refractivity contribution in [3.8, 4) is 0 Å². The smallest absolute Gasteiger partial charge is 0.244 e. The van der Waals surface area contributed by atoms with Gasteiger partial charge in [-0.1, -0.05) is 17.7 Å². The van der Waals surface area contributed by atoms with Gasteiger partial charge in [-0.2, -0.15) is 4.31 Å². The molecule has 8 heteroatoms. The first-order valence-corrected chi connectivity index (χ1v) is 11.4. The van der Waals surface area contributed by atoms with Crippen molar-refractivity contribution in [3.05, 3.63) is 45.4 Å². The van der Waals surface area contributed by atoms with E-state index >= 15 is 0 Å². The van der Waals surface area contributed by atoms with E-state index < -0.39 is 16.1 Å². The van der Waals surface area contributed by atoms with E-state index in [2.05, 4.69) is 10.3 Å². The minimum atomic E-state index is -3.69. The van der Waals surface area contributed by atoms with E-state index in [-0.39, 0.29) is 10.8 Å². The normalized spacial score (nSPS) is 18.0. The fraction of sp³-hybridized carbons (Fsp3) is 0.474. The Bertz CT molecular complexity index is 937. The molecule has 27 heavy (non-hydrogen) atoms. The van der Waals surface area contributed by atoms with Crippen LogP contribution in [0.25, 0.3) is 0 Å². The molecule has 0 aliphatic carbocycles. The molecule has 0 spiro atoms. The molecule has 1 saturated heterocycles. The lowest BCUT2D eigenvalue weighted by molar-refractivity contribution is -0.124. The number of carbonyl (C=O) groups is 1. The Labute approximate surface area is 164 Å². The summed E-state index contributed by atoms with van der Waals surface area (Å²) in [6.07, 6.45) is 1.88. The molecule has 0 bridgehead atoms. The lowest BCUT2D eigenvalue weighted by Gasteiger charge is -2.24. The van der Waals surface area contributed by atoms with Gasteiger partial charge >= 0.3 is 0 Å². The molecule has 0 saturated carbocycles. The number of hydrogen-bond donors (Lipinski definition) is 1. The number of rotatable bonds is 6. The van der Waals surface area contributed by atoms with Crippen molar-refractivity contribution in [1.29, 1.82) is 0 Å². The van der Waals surface area contributed by atoms with Crippen LogP contribution in [0.5, 0.6) is 0 Å². The minimum absolute atomic E-state index is 0.229. The molecule has 2 aromatic rings. The maximum atomic E-state index is 13.1. The molecule has 1 aliphatic heterocycles. The molecule has 1 amide bonds. The van der Waals surface area contributed by atoms with Crippen molar-refractivity contribution in [2.24, 2.45) is 0 Å². The number of benzene rings is 1. The van der Waals surface area contributed by atoms with Crippen LogP contribution in [0.15, 0.2) is 28.5 Å². The topological polar surface area (TPSA) is 79.4 Å². The summed E-state index contributed by atoms with van der Waals surface area (Å²) in [5.74, 6) is -0.229. The number of aryl methyl sites for hydroxylation is 3. The second-order valence-electron chi connectivity index (χ2n) is 6.94. The lowest BCUT2D eigenvalue weighted by atomic mass is 10.2. The Morgan fingerprint density at radius 2 is 2.11 bits per heavy atom. The summed E-state index contributed by atoms with van der Waals surface area (Å²) in [5.41, 5.74) is 2.67. The molecule has 0 radical (unpaired) electrons. The molecule has 2 heterocycles. The van der Waals surface area contributed by atoms with Crippen molar-refractivity contribution < 1.29 is 13.2 Å². The summed E-state index contributed by atoms with van der Waals surface area (Å²) in [7, 11) is -3.69. The van der Waals surface area contributed by atoms with Gasteiger partial charge < -0.3 is 5.32 Å². The first kappa shape index (κ1) is 20.0. The van der Waals surface area contributed by atoms with E-state index in [1.54, 1.807) is 30.4 Å². The highest BCUT2D eigenvalue weighted by Gasteiger charge is 2.39. The van der Waals surface area contributed by atoms with Gasteiger partial charge in [0.2, 0.25) is 15.9 Å². The predicted molar refractivity (Wildman–Crippen MR) is 106 cm³/mol. The SMILES string of the molecule is Cc1ccc(S(=O)(=O)N2CCC[C@@H]2C(=O)NCCc2csc(C)n2)c(C)c1. The van der Waals surface area contributed by atoms with E-state index in [0.717, 1.165) is 16.3 Å². The number of nitrogens with one attached hydrogen (secondary N) is 1. The van der Waals surface area contributed by atoms with E-state index in [4.69, 9.17) is 0 Å². The van der Waals surface area contributed by atoms with Gasteiger partial charge in [0.15, 0.2) is 0 Å². The molecular formula is C19H25N3O3S2. The maximum absolute atomic E-state index is 13.1. The number of carbonyl (C=O) groups excluding carboxylic acids is 1. The summed E-state index contributed by atoms with van der Waals surface area (Å²) in [6.45, 7) is 6.50. The van der Waals surface area contributed by atoms with Gasteiger partial charge in [0, 0.05) is 24.9 Å². The Hall–Kier alpha value is -1.77.